The highest BCUT2D eigenvalue weighted by molar-refractivity contribution is 5.99. The van der Waals surface area contributed by atoms with Gasteiger partial charge in [0.25, 0.3) is 0 Å². The minimum atomic E-state index is -1.38. The molecule has 0 fully saturated rings. The average molecular weight is 292 g/mol. The number of fused-ring (bicyclic) bond motifs is 2. The third-order valence-corrected chi connectivity index (χ3v) is 3.54. The maximum absolute atomic E-state index is 12.4. The van der Waals surface area contributed by atoms with Crippen LogP contribution < -0.4 is 0 Å². The molecule has 0 saturated heterocycles. The van der Waals surface area contributed by atoms with Gasteiger partial charge in [-0.15, -0.1) is 0 Å². The van der Waals surface area contributed by atoms with Gasteiger partial charge in [0.05, 0.1) is 22.1 Å². The standard InChI is InChI=1S/C16H12N4O2/c21-13(15-17-9-5-1-2-6-10(9)18-15)14(22)16-19-11-7-3-4-8-12(11)20-16/h1-8,13,21H,(H,17,18)(H,19,20). The highest BCUT2D eigenvalue weighted by atomic mass is 16.3. The Labute approximate surface area is 124 Å². The van der Waals surface area contributed by atoms with Gasteiger partial charge in [0.1, 0.15) is 5.82 Å². The zero-order valence-corrected chi connectivity index (χ0v) is 11.4. The van der Waals surface area contributed by atoms with E-state index in [0.29, 0.717) is 11.0 Å². The molecule has 0 aliphatic heterocycles. The SMILES string of the molecule is O=C(c1nc2ccccc2[nH]1)C(O)c1nc2ccccc2[nH]1. The van der Waals surface area contributed by atoms with Crippen molar-refractivity contribution in [2.45, 2.75) is 6.10 Å². The number of carbonyl (C=O) groups is 1. The molecule has 22 heavy (non-hydrogen) atoms. The number of rotatable bonds is 3. The highest BCUT2D eigenvalue weighted by Crippen LogP contribution is 2.20. The summed E-state index contributed by atoms with van der Waals surface area (Å²) < 4.78 is 0. The first-order valence-corrected chi connectivity index (χ1v) is 6.84. The van der Waals surface area contributed by atoms with E-state index in [9.17, 15) is 9.90 Å². The Morgan fingerprint density at radius 1 is 0.909 bits per heavy atom. The molecule has 0 radical (unpaired) electrons. The van der Waals surface area contributed by atoms with Crippen molar-refractivity contribution in [2.24, 2.45) is 0 Å². The molecule has 6 heteroatoms. The zero-order chi connectivity index (χ0) is 15.1. The lowest BCUT2D eigenvalue weighted by atomic mass is 10.2. The quantitative estimate of drug-likeness (QED) is 0.505. The fourth-order valence-electron chi connectivity index (χ4n) is 2.43. The molecule has 4 aromatic rings. The Kier molecular flexibility index (Phi) is 2.77. The highest BCUT2D eigenvalue weighted by Gasteiger charge is 2.25. The monoisotopic (exact) mass is 292 g/mol. The first-order valence-electron chi connectivity index (χ1n) is 6.84. The summed E-state index contributed by atoms with van der Waals surface area (Å²) in [5, 5.41) is 10.3. The van der Waals surface area contributed by atoms with Crippen molar-refractivity contribution in [1.29, 1.82) is 0 Å². The van der Waals surface area contributed by atoms with Crippen molar-refractivity contribution in [3.8, 4) is 0 Å². The number of hydrogen-bond acceptors (Lipinski definition) is 4. The largest absolute Gasteiger partial charge is 0.377 e. The second-order valence-corrected chi connectivity index (χ2v) is 5.01. The van der Waals surface area contributed by atoms with E-state index in [0.717, 1.165) is 11.0 Å². The molecule has 0 aliphatic carbocycles. The van der Waals surface area contributed by atoms with E-state index in [1.54, 1.807) is 6.07 Å². The number of aromatic amines is 2. The molecule has 6 nitrogen and oxygen atoms in total. The lowest BCUT2D eigenvalue weighted by Gasteiger charge is -2.03. The molecular formula is C16H12N4O2. The van der Waals surface area contributed by atoms with Crippen LogP contribution in [-0.4, -0.2) is 30.8 Å². The first-order chi connectivity index (χ1) is 10.7. The summed E-state index contributed by atoms with van der Waals surface area (Å²) in [5.41, 5.74) is 2.91. The summed E-state index contributed by atoms with van der Waals surface area (Å²) in [6.07, 6.45) is -1.38. The van der Waals surface area contributed by atoms with E-state index >= 15 is 0 Å². The molecule has 4 rings (SSSR count). The number of para-hydroxylation sites is 4. The maximum Gasteiger partial charge on any atom is 0.234 e. The Morgan fingerprint density at radius 2 is 1.50 bits per heavy atom. The van der Waals surface area contributed by atoms with Crippen molar-refractivity contribution in [2.75, 3.05) is 0 Å². The number of ketones is 1. The number of nitrogens with one attached hydrogen (secondary N) is 2. The number of aromatic nitrogens is 4. The van der Waals surface area contributed by atoms with E-state index in [1.165, 1.54) is 0 Å². The molecule has 0 bridgehead atoms. The molecule has 1 unspecified atom stereocenters. The fourth-order valence-corrected chi connectivity index (χ4v) is 2.43. The minimum absolute atomic E-state index is 0.120. The topological polar surface area (TPSA) is 94.7 Å². The van der Waals surface area contributed by atoms with Gasteiger partial charge in [-0.1, -0.05) is 24.3 Å². The predicted molar refractivity (Wildman–Crippen MR) is 81.5 cm³/mol. The van der Waals surface area contributed by atoms with E-state index in [-0.39, 0.29) is 11.6 Å². The van der Waals surface area contributed by atoms with Crippen LogP contribution in [0.5, 0.6) is 0 Å². The number of imidazole rings is 2. The molecule has 0 aliphatic rings. The Balaban J connectivity index is 1.71. The van der Waals surface area contributed by atoms with Gasteiger partial charge in [-0.25, -0.2) is 9.97 Å². The number of hydrogen-bond donors (Lipinski definition) is 3. The lowest BCUT2D eigenvalue weighted by molar-refractivity contribution is 0.0723. The summed E-state index contributed by atoms with van der Waals surface area (Å²) in [4.78, 5) is 26.7. The number of aliphatic hydroxyl groups is 1. The van der Waals surface area contributed by atoms with Crippen molar-refractivity contribution < 1.29 is 9.90 Å². The van der Waals surface area contributed by atoms with Crippen LogP contribution in [0, 0.1) is 0 Å². The van der Waals surface area contributed by atoms with Crippen LogP contribution in [0.4, 0.5) is 0 Å². The summed E-state index contributed by atoms with van der Waals surface area (Å²) in [7, 11) is 0. The molecule has 0 spiro atoms. The second kappa shape index (κ2) is 4.78. The van der Waals surface area contributed by atoms with Crippen LogP contribution >= 0.6 is 0 Å². The molecule has 2 aromatic carbocycles. The van der Waals surface area contributed by atoms with Crippen molar-refractivity contribution in [1.82, 2.24) is 19.9 Å². The Bertz CT molecular complexity index is 920. The predicted octanol–water partition coefficient (Wildman–Crippen LogP) is 2.36. The smallest absolute Gasteiger partial charge is 0.234 e. The Hall–Kier alpha value is -2.99. The van der Waals surface area contributed by atoms with Gasteiger partial charge in [0.15, 0.2) is 11.9 Å². The number of nitrogens with zero attached hydrogens (tertiary/aromatic N) is 2. The van der Waals surface area contributed by atoms with E-state index < -0.39 is 11.9 Å². The van der Waals surface area contributed by atoms with Crippen molar-refractivity contribution >= 4 is 27.9 Å². The Morgan fingerprint density at radius 3 is 2.14 bits per heavy atom. The number of aliphatic hydroxyl groups excluding tert-OH is 1. The minimum Gasteiger partial charge on any atom is -0.377 e. The molecule has 0 saturated carbocycles. The van der Waals surface area contributed by atoms with Gasteiger partial charge >= 0.3 is 0 Å². The van der Waals surface area contributed by atoms with Crippen LogP contribution in [0.2, 0.25) is 0 Å². The summed E-state index contributed by atoms with van der Waals surface area (Å²) in [6.45, 7) is 0. The lowest BCUT2D eigenvalue weighted by Crippen LogP contribution is -2.15. The van der Waals surface area contributed by atoms with Gasteiger partial charge in [0.2, 0.25) is 5.78 Å². The average Bonchev–Trinajstić information content (AvgIpc) is 3.16. The van der Waals surface area contributed by atoms with E-state index in [2.05, 4.69) is 19.9 Å². The number of Topliss-reactive ketones (excluding diaryl/α,β-unsaturated/α-hetero) is 1. The van der Waals surface area contributed by atoms with Gasteiger partial charge < -0.3 is 15.1 Å². The molecular weight excluding hydrogens is 280 g/mol. The summed E-state index contributed by atoms with van der Waals surface area (Å²) in [6, 6.07) is 14.7. The van der Waals surface area contributed by atoms with Crippen LogP contribution in [-0.2, 0) is 0 Å². The summed E-state index contributed by atoms with van der Waals surface area (Å²) in [5.74, 6) is -0.184. The van der Waals surface area contributed by atoms with Gasteiger partial charge in [-0.3, -0.25) is 4.79 Å². The van der Waals surface area contributed by atoms with Gasteiger partial charge in [0, 0.05) is 0 Å². The third kappa shape index (κ3) is 1.97. The van der Waals surface area contributed by atoms with Gasteiger partial charge in [-0.2, -0.15) is 0 Å². The number of H-pyrrole nitrogens is 2. The molecule has 0 amide bonds. The van der Waals surface area contributed by atoms with E-state index in [1.807, 2.05) is 42.5 Å². The molecule has 2 heterocycles. The number of carbonyl (C=O) groups excluding carboxylic acids is 1. The van der Waals surface area contributed by atoms with Crippen molar-refractivity contribution in [3.63, 3.8) is 0 Å². The molecule has 108 valence electrons. The first kappa shape index (κ1) is 12.7. The zero-order valence-electron chi connectivity index (χ0n) is 11.4. The van der Waals surface area contributed by atoms with Crippen molar-refractivity contribution in [3.05, 3.63) is 60.2 Å². The van der Waals surface area contributed by atoms with Gasteiger partial charge in [-0.05, 0) is 24.3 Å². The van der Waals surface area contributed by atoms with Crippen LogP contribution in [0.15, 0.2) is 48.5 Å². The normalized spacial score (nSPS) is 12.8. The molecule has 3 N–H and O–H groups in total. The second-order valence-electron chi connectivity index (χ2n) is 5.01. The van der Waals surface area contributed by atoms with Crippen LogP contribution in [0.3, 0.4) is 0 Å². The number of benzene rings is 2. The summed E-state index contributed by atoms with van der Waals surface area (Å²) >= 11 is 0. The third-order valence-electron chi connectivity index (χ3n) is 3.54. The maximum atomic E-state index is 12.4. The molecule has 2 aromatic heterocycles. The van der Waals surface area contributed by atoms with E-state index in [4.69, 9.17) is 0 Å². The fraction of sp³-hybridized carbons (Fsp3) is 0.0625. The van der Waals surface area contributed by atoms with Crippen LogP contribution in [0.25, 0.3) is 22.1 Å². The molecule has 1 atom stereocenters. The van der Waals surface area contributed by atoms with Crippen LogP contribution in [0.1, 0.15) is 22.5 Å².